The molecule has 3 heterocycles. The Kier molecular flexibility index (Phi) is 7.14. The van der Waals surface area contributed by atoms with Crippen molar-refractivity contribution in [2.45, 2.75) is 46.1 Å². The zero-order chi connectivity index (χ0) is 25.9. The Morgan fingerprint density at radius 3 is 2.51 bits per heavy atom. The van der Waals surface area contributed by atoms with Crippen LogP contribution in [0.5, 0.6) is 0 Å². The van der Waals surface area contributed by atoms with Gasteiger partial charge in [0.05, 0.1) is 17.9 Å². The number of aromatic nitrogens is 7. The maximum atomic E-state index is 13.7. The van der Waals surface area contributed by atoms with Gasteiger partial charge in [0.15, 0.2) is 0 Å². The second kappa shape index (κ2) is 10.6. The summed E-state index contributed by atoms with van der Waals surface area (Å²) in [7, 11) is 0. The second-order valence-electron chi connectivity index (χ2n) is 9.26. The first-order valence-corrected chi connectivity index (χ1v) is 13.1. The number of halogens is 1. The van der Waals surface area contributed by atoms with Crippen LogP contribution >= 0.6 is 15.9 Å². The molecule has 2 aromatic carbocycles. The van der Waals surface area contributed by atoms with Gasteiger partial charge in [0.25, 0.3) is 0 Å². The molecule has 5 rings (SSSR count). The van der Waals surface area contributed by atoms with Crippen LogP contribution in [0, 0.1) is 0 Å². The van der Waals surface area contributed by atoms with Crippen molar-refractivity contribution in [3.05, 3.63) is 98.9 Å². The number of hydrogen-bond acceptors (Lipinski definition) is 5. The van der Waals surface area contributed by atoms with Gasteiger partial charge in [-0.3, -0.25) is 14.1 Å². The molecule has 5 aromatic rings. The monoisotopic (exact) mass is 557 g/mol. The van der Waals surface area contributed by atoms with Crippen molar-refractivity contribution in [1.29, 1.82) is 0 Å². The van der Waals surface area contributed by atoms with Crippen molar-refractivity contribution in [2.24, 2.45) is 0 Å². The van der Waals surface area contributed by atoms with Gasteiger partial charge in [-0.1, -0.05) is 69.7 Å². The number of aryl methyl sites for hydroxylation is 1. The molecular formula is C28H28BrN7O. The average Bonchev–Trinajstić information content (AvgIpc) is 3.54. The van der Waals surface area contributed by atoms with Crippen LogP contribution in [0.3, 0.4) is 0 Å². The van der Waals surface area contributed by atoms with Crippen molar-refractivity contribution in [2.75, 3.05) is 0 Å². The highest BCUT2D eigenvalue weighted by atomic mass is 79.9. The molecule has 0 aliphatic heterocycles. The van der Waals surface area contributed by atoms with E-state index in [1.165, 1.54) is 0 Å². The van der Waals surface area contributed by atoms with E-state index in [9.17, 15) is 4.79 Å². The summed E-state index contributed by atoms with van der Waals surface area (Å²) in [6, 6.07) is 18.0. The smallest absolute Gasteiger partial charge is 0.290 e. The Balaban J connectivity index is 1.51. The summed E-state index contributed by atoms with van der Waals surface area (Å²) < 4.78 is 4.52. The van der Waals surface area contributed by atoms with E-state index in [-0.39, 0.29) is 11.6 Å². The van der Waals surface area contributed by atoms with Crippen LogP contribution in [-0.2, 0) is 13.0 Å². The van der Waals surface area contributed by atoms with Crippen molar-refractivity contribution < 1.29 is 0 Å². The number of rotatable bonds is 8. The summed E-state index contributed by atoms with van der Waals surface area (Å²) in [5.74, 6) is 0.812. The molecule has 0 bridgehead atoms. The molecule has 0 atom stereocenters. The fourth-order valence-electron chi connectivity index (χ4n) is 4.61. The molecule has 9 heteroatoms. The summed E-state index contributed by atoms with van der Waals surface area (Å²) in [5.41, 5.74) is 6.55. The van der Waals surface area contributed by atoms with Gasteiger partial charge in [0.2, 0.25) is 5.82 Å². The van der Waals surface area contributed by atoms with E-state index in [1.54, 1.807) is 4.57 Å². The third-order valence-corrected chi connectivity index (χ3v) is 7.06. The zero-order valence-electron chi connectivity index (χ0n) is 21.0. The van der Waals surface area contributed by atoms with Crippen LogP contribution in [0.4, 0.5) is 0 Å². The Hall–Kier alpha value is -3.85. The lowest BCUT2D eigenvalue weighted by Crippen LogP contribution is -2.26. The Morgan fingerprint density at radius 2 is 1.84 bits per heavy atom. The van der Waals surface area contributed by atoms with E-state index in [0.29, 0.717) is 12.4 Å². The van der Waals surface area contributed by atoms with Gasteiger partial charge in [0.1, 0.15) is 0 Å². The summed E-state index contributed by atoms with van der Waals surface area (Å²) in [4.78, 5) is 18.4. The molecule has 8 nitrogen and oxygen atoms in total. The average molecular weight is 558 g/mol. The summed E-state index contributed by atoms with van der Waals surface area (Å²) in [6.07, 6.45) is 5.56. The number of hydrogen-bond donors (Lipinski definition) is 1. The molecule has 0 saturated heterocycles. The molecular weight excluding hydrogens is 530 g/mol. The quantitative estimate of drug-likeness (QED) is 0.261. The Labute approximate surface area is 223 Å². The van der Waals surface area contributed by atoms with E-state index >= 15 is 0 Å². The number of nitrogens with zero attached hydrogens (tertiary/aromatic N) is 6. The standard InChI is InChI=1S/C28H28BrN7O/c1-4-8-21-17-36(26-22(18(2)3)11-7-12-25(26)29)28(37)35(21)16-20-14-13-19(15-30-20)23-9-5-6-10-24(23)27-31-33-34-32-27/h5-7,9-15,17-18H,4,8,16H2,1-3H3,(H,31,32,33,34). The highest BCUT2D eigenvalue weighted by molar-refractivity contribution is 9.10. The lowest BCUT2D eigenvalue weighted by molar-refractivity contribution is 0.678. The summed E-state index contributed by atoms with van der Waals surface area (Å²) >= 11 is 3.68. The van der Waals surface area contributed by atoms with Crippen molar-refractivity contribution in [3.8, 4) is 28.2 Å². The van der Waals surface area contributed by atoms with Crippen LogP contribution in [0.15, 0.2) is 76.3 Å². The van der Waals surface area contributed by atoms with E-state index in [0.717, 1.165) is 56.6 Å². The number of H-pyrrole nitrogens is 1. The first-order chi connectivity index (χ1) is 18.0. The molecule has 0 spiro atoms. The van der Waals surface area contributed by atoms with Crippen molar-refractivity contribution in [1.82, 2.24) is 34.7 Å². The Morgan fingerprint density at radius 1 is 1.03 bits per heavy atom. The van der Waals surface area contributed by atoms with Gasteiger partial charge in [-0.25, -0.2) is 4.79 Å². The highest BCUT2D eigenvalue weighted by Crippen LogP contribution is 2.31. The third-order valence-electron chi connectivity index (χ3n) is 6.42. The Bertz CT molecular complexity index is 1570. The molecule has 0 amide bonds. The first-order valence-electron chi connectivity index (χ1n) is 12.4. The fraction of sp³-hybridized carbons (Fsp3) is 0.250. The number of para-hydroxylation sites is 1. The van der Waals surface area contributed by atoms with Gasteiger partial charge in [-0.05, 0) is 56.7 Å². The zero-order valence-corrected chi connectivity index (χ0v) is 22.6. The van der Waals surface area contributed by atoms with Crippen molar-refractivity contribution in [3.63, 3.8) is 0 Å². The molecule has 1 N–H and O–H groups in total. The van der Waals surface area contributed by atoms with Crippen LogP contribution in [-0.4, -0.2) is 34.7 Å². The number of aromatic amines is 1. The van der Waals surface area contributed by atoms with Crippen LogP contribution in [0.25, 0.3) is 28.2 Å². The minimum absolute atomic E-state index is 0.0643. The summed E-state index contributed by atoms with van der Waals surface area (Å²) in [5, 5.41) is 14.4. The normalized spacial score (nSPS) is 11.4. The predicted octanol–water partition coefficient (Wildman–Crippen LogP) is 5.77. The van der Waals surface area contributed by atoms with Gasteiger partial charge >= 0.3 is 5.69 Å². The minimum Gasteiger partial charge on any atom is -0.290 e. The van der Waals surface area contributed by atoms with E-state index in [2.05, 4.69) is 63.4 Å². The first kappa shape index (κ1) is 24.8. The number of imidazole rings is 1. The SMILES string of the molecule is CCCc1cn(-c2c(Br)cccc2C(C)C)c(=O)n1Cc1ccc(-c2ccccc2-c2nn[nH]n2)cn1. The largest absolute Gasteiger partial charge is 0.333 e. The van der Waals surface area contributed by atoms with Gasteiger partial charge < -0.3 is 0 Å². The molecule has 3 aromatic heterocycles. The predicted molar refractivity (Wildman–Crippen MR) is 148 cm³/mol. The van der Waals surface area contributed by atoms with Crippen LogP contribution < -0.4 is 5.69 Å². The molecule has 188 valence electrons. The fourth-order valence-corrected chi connectivity index (χ4v) is 5.18. The molecule has 0 unspecified atom stereocenters. The van der Waals surface area contributed by atoms with Gasteiger partial charge in [-0.15, -0.1) is 10.2 Å². The van der Waals surface area contributed by atoms with Crippen LogP contribution in [0.2, 0.25) is 0 Å². The molecule has 0 aliphatic rings. The number of tetrazole rings is 1. The number of nitrogens with one attached hydrogen (secondary N) is 1. The topological polar surface area (TPSA) is 94.3 Å². The van der Waals surface area contributed by atoms with Gasteiger partial charge in [0, 0.05) is 33.7 Å². The molecule has 0 radical (unpaired) electrons. The van der Waals surface area contributed by atoms with Gasteiger partial charge in [-0.2, -0.15) is 5.21 Å². The minimum atomic E-state index is -0.0643. The highest BCUT2D eigenvalue weighted by Gasteiger charge is 2.19. The van der Waals surface area contributed by atoms with E-state index in [1.807, 2.05) is 65.5 Å². The summed E-state index contributed by atoms with van der Waals surface area (Å²) in [6.45, 7) is 6.80. The molecule has 0 saturated carbocycles. The lowest BCUT2D eigenvalue weighted by Gasteiger charge is -2.14. The number of pyridine rings is 1. The van der Waals surface area contributed by atoms with E-state index in [4.69, 9.17) is 4.98 Å². The third kappa shape index (κ3) is 4.91. The van der Waals surface area contributed by atoms with Crippen molar-refractivity contribution >= 4 is 15.9 Å². The second-order valence-corrected chi connectivity index (χ2v) is 10.1. The molecule has 0 aliphatic carbocycles. The van der Waals surface area contributed by atoms with Crippen LogP contribution in [0.1, 0.15) is 50.1 Å². The molecule has 37 heavy (non-hydrogen) atoms. The maximum absolute atomic E-state index is 13.7. The maximum Gasteiger partial charge on any atom is 0.333 e. The van der Waals surface area contributed by atoms with E-state index < -0.39 is 0 Å². The molecule has 0 fully saturated rings. The number of benzene rings is 2. The lowest BCUT2D eigenvalue weighted by atomic mass is 10.0.